The van der Waals surface area contributed by atoms with Crippen LogP contribution in [0.2, 0.25) is 10.0 Å². The van der Waals surface area contributed by atoms with Crippen LogP contribution in [0.5, 0.6) is 0 Å². The Bertz CT molecular complexity index is 837. The number of hydrogen-bond donors (Lipinski definition) is 1. The molecule has 29 heavy (non-hydrogen) atoms. The van der Waals surface area contributed by atoms with Gasteiger partial charge in [0.2, 0.25) is 11.8 Å². The summed E-state index contributed by atoms with van der Waals surface area (Å²) in [5.41, 5.74) is 3.13. The van der Waals surface area contributed by atoms with Gasteiger partial charge in [0.15, 0.2) is 0 Å². The molecule has 0 aliphatic heterocycles. The zero-order chi connectivity index (χ0) is 21.4. The van der Waals surface area contributed by atoms with Gasteiger partial charge < -0.3 is 10.2 Å². The number of nitrogens with zero attached hydrogens (tertiary/aromatic N) is 1. The third-order valence-electron chi connectivity index (χ3n) is 4.93. The van der Waals surface area contributed by atoms with Crippen molar-refractivity contribution in [2.45, 2.75) is 52.6 Å². The number of halogens is 2. The summed E-state index contributed by atoms with van der Waals surface area (Å²) in [6.45, 7) is 6.47. The fourth-order valence-corrected chi connectivity index (χ4v) is 3.54. The van der Waals surface area contributed by atoms with Crippen LogP contribution in [-0.4, -0.2) is 29.3 Å². The molecule has 2 aromatic carbocycles. The second-order valence-corrected chi connectivity index (χ2v) is 7.84. The molecule has 0 spiro atoms. The van der Waals surface area contributed by atoms with Crippen molar-refractivity contribution in [1.29, 1.82) is 0 Å². The molecule has 0 aliphatic carbocycles. The molecule has 2 amide bonds. The van der Waals surface area contributed by atoms with E-state index < -0.39 is 6.04 Å². The monoisotopic (exact) mass is 434 g/mol. The molecule has 1 atom stereocenters. The first-order valence-electron chi connectivity index (χ1n) is 9.94. The standard InChI is InChI=1S/C23H28Cl2N2O2/c1-4-17-6-8-18(9-7-17)10-13-22(28)27(16(3)23(29)26-5-2)15-19-11-12-20(24)14-21(19)25/h6-9,11-12,14,16H,4-5,10,13,15H2,1-3H3,(H,26,29). The van der Waals surface area contributed by atoms with Gasteiger partial charge in [-0.2, -0.15) is 0 Å². The number of carbonyl (C=O) groups is 2. The normalized spacial score (nSPS) is 11.8. The highest BCUT2D eigenvalue weighted by Crippen LogP contribution is 2.23. The Labute approximate surface area is 183 Å². The van der Waals surface area contributed by atoms with Crippen molar-refractivity contribution in [3.8, 4) is 0 Å². The quantitative estimate of drug-likeness (QED) is 0.600. The van der Waals surface area contributed by atoms with E-state index in [9.17, 15) is 9.59 Å². The molecule has 1 N–H and O–H groups in total. The van der Waals surface area contributed by atoms with Gasteiger partial charge in [0.25, 0.3) is 0 Å². The number of benzene rings is 2. The van der Waals surface area contributed by atoms with E-state index in [1.54, 1.807) is 30.0 Å². The number of rotatable bonds is 9. The van der Waals surface area contributed by atoms with Crippen molar-refractivity contribution in [3.63, 3.8) is 0 Å². The zero-order valence-corrected chi connectivity index (χ0v) is 18.7. The number of nitrogens with one attached hydrogen (secondary N) is 1. The Hall–Kier alpha value is -2.04. The molecule has 156 valence electrons. The number of likely N-dealkylation sites (N-methyl/N-ethyl adjacent to an activating group) is 1. The molecule has 0 fully saturated rings. The lowest BCUT2D eigenvalue weighted by molar-refractivity contribution is -0.140. The van der Waals surface area contributed by atoms with Crippen LogP contribution in [0.1, 0.15) is 43.9 Å². The van der Waals surface area contributed by atoms with Crippen molar-refractivity contribution in [3.05, 3.63) is 69.2 Å². The minimum atomic E-state index is -0.600. The average molecular weight is 435 g/mol. The van der Waals surface area contributed by atoms with E-state index in [1.165, 1.54) is 5.56 Å². The molecule has 2 aromatic rings. The first-order valence-corrected chi connectivity index (χ1v) is 10.7. The van der Waals surface area contributed by atoms with E-state index in [4.69, 9.17) is 23.2 Å². The van der Waals surface area contributed by atoms with Gasteiger partial charge in [0.05, 0.1) is 0 Å². The van der Waals surface area contributed by atoms with Crippen molar-refractivity contribution >= 4 is 35.0 Å². The third kappa shape index (κ3) is 6.76. The lowest BCUT2D eigenvalue weighted by Crippen LogP contribution is -2.47. The maximum atomic E-state index is 13.0. The largest absolute Gasteiger partial charge is 0.355 e. The molecule has 0 saturated carbocycles. The van der Waals surface area contributed by atoms with Gasteiger partial charge in [-0.3, -0.25) is 9.59 Å². The second-order valence-electron chi connectivity index (χ2n) is 7.00. The van der Waals surface area contributed by atoms with E-state index in [0.717, 1.165) is 17.5 Å². The lowest BCUT2D eigenvalue weighted by Gasteiger charge is -2.29. The lowest BCUT2D eigenvalue weighted by atomic mass is 10.0. The Morgan fingerprint density at radius 2 is 1.69 bits per heavy atom. The van der Waals surface area contributed by atoms with Crippen molar-refractivity contribution in [2.75, 3.05) is 6.54 Å². The highest BCUT2D eigenvalue weighted by molar-refractivity contribution is 6.35. The highest BCUT2D eigenvalue weighted by atomic mass is 35.5. The summed E-state index contributed by atoms with van der Waals surface area (Å²) >= 11 is 12.3. The predicted octanol–water partition coefficient (Wildman–Crippen LogP) is 5.04. The molecule has 0 aromatic heterocycles. The van der Waals surface area contributed by atoms with Crippen LogP contribution in [0.25, 0.3) is 0 Å². The number of hydrogen-bond acceptors (Lipinski definition) is 2. The van der Waals surface area contributed by atoms with Crippen LogP contribution in [0.3, 0.4) is 0 Å². The summed E-state index contributed by atoms with van der Waals surface area (Å²) in [5, 5.41) is 3.80. The van der Waals surface area contributed by atoms with E-state index in [1.807, 2.05) is 6.92 Å². The average Bonchev–Trinajstić information content (AvgIpc) is 2.71. The first-order chi connectivity index (χ1) is 13.8. The van der Waals surface area contributed by atoms with Crippen LogP contribution in [-0.2, 0) is 29.0 Å². The summed E-state index contributed by atoms with van der Waals surface area (Å²) in [4.78, 5) is 27.0. The van der Waals surface area contributed by atoms with E-state index in [-0.39, 0.29) is 18.4 Å². The van der Waals surface area contributed by atoms with Crippen LogP contribution in [0.15, 0.2) is 42.5 Å². The Kier molecular flexibility index (Phi) is 8.99. The topological polar surface area (TPSA) is 49.4 Å². The zero-order valence-electron chi connectivity index (χ0n) is 17.2. The molecule has 0 saturated heterocycles. The summed E-state index contributed by atoms with van der Waals surface area (Å²) in [7, 11) is 0. The van der Waals surface area contributed by atoms with Crippen LogP contribution >= 0.6 is 23.2 Å². The van der Waals surface area contributed by atoms with E-state index in [0.29, 0.717) is 29.4 Å². The Morgan fingerprint density at radius 3 is 2.28 bits per heavy atom. The van der Waals surface area contributed by atoms with Gasteiger partial charge in [-0.25, -0.2) is 0 Å². The van der Waals surface area contributed by atoms with Crippen LogP contribution < -0.4 is 5.32 Å². The van der Waals surface area contributed by atoms with Gasteiger partial charge in [-0.1, -0.05) is 60.5 Å². The number of aryl methyl sites for hydroxylation is 2. The second kappa shape index (κ2) is 11.2. The fourth-order valence-electron chi connectivity index (χ4n) is 3.07. The van der Waals surface area contributed by atoms with Crippen molar-refractivity contribution in [2.24, 2.45) is 0 Å². The van der Waals surface area contributed by atoms with Crippen molar-refractivity contribution in [1.82, 2.24) is 10.2 Å². The van der Waals surface area contributed by atoms with Crippen molar-refractivity contribution < 1.29 is 9.59 Å². The molecule has 6 heteroatoms. The smallest absolute Gasteiger partial charge is 0.242 e. The summed E-state index contributed by atoms with van der Waals surface area (Å²) in [6.07, 6.45) is 1.93. The molecular formula is C23H28Cl2N2O2. The summed E-state index contributed by atoms with van der Waals surface area (Å²) < 4.78 is 0. The predicted molar refractivity (Wildman–Crippen MR) is 119 cm³/mol. The maximum absolute atomic E-state index is 13.0. The maximum Gasteiger partial charge on any atom is 0.242 e. The van der Waals surface area contributed by atoms with Gasteiger partial charge >= 0.3 is 0 Å². The molecular weight excluding hydrogens is 407 g/mol. The summed E-state index contributed by atoms with van der Waals surface area (Å²) in [6, 6.07) is 12.9. The van der Waals surface area contributed by atoms with E-state index in [2.05, 4.69) is 36.5 Å². The third-order valence-corrected chi connectivity index (χ3v) is 5.52. The minimum Gasteiger partial charge on any atom is -0.355 e. The molecule has 4 nitrogen and oxygen atoms in total. The molecule has 0 aliphatic rings. The van der Waals surface area contributed by atoms with Crippen LogP contribution in [0, 0.1) is 0 Å². The molecule has 0 heterocycles. The SMILES string of the molecule is CCNC(=O)C(C)N(Cc1ccc(Cl)cc1Cl)C(=O)CCc1ccc(CC)cc1. The number of amides is 2. The van der Waals surface area contributed by atoms with Crippen LogP contribution in [0.4, 0.5) is 0 Å². The Morgan fingerprint density at radius 1 is 1.03 bits per heavy atom. The number of carbonyl (C=O) groups excluding carboxylic acids is 2. The first kappa shape index (κ1) is 23.2. The molecule has 0 radical (unpaired) electrons. The van der Waals surface area contributed by atoms with Gasteiger partial charge in [-0.15, -0.1) is 0 Å². The molecule has 1 unspecified atom stereocenters. The van der Waals surface area contributed by atoms with E-state index >= 15 is 0 Å². The van der Waals surface area contributed by atoms with Gasteiger partial charge in [-0.05, 0) is 55.5 Å². The Balaban J connectivity index is 2.15. The van der Waals surface area contributed by atoms with Gasteiger partial charge in [0, 0.05) is 29.6 Å². The molecule has 2 rings (SSSR count). The van der Waals surface area contributed by atoms with Gasteiger partial charge in [0.1, 0.15) is 6.04 Å². The minimum absolute atomic E-state index is 0.0886. The highest BCUT2D eigenvalue weighted by Gasteiger charge is 2.26. The summed E-state index contributed by atoms with van der Waals surface area (Å²) in [5.74, 6) is -0.271. The fraction of sp³-hybridized carbons (Fsp3) is 0.391. The molecule has 0 bridgehead atoms.